The van der Waals surface area contributed by atoms with Gasteiger partial charge in [0.25, 0.3) is 0 Å². The molecule has 1 aromatic heterocycles. The fourth-order valence-corrected chi connectivity index (χ4v) is 2.89. The zero-order valence-electron chi connectivity index (χ0n) is 10.1. The Morgan fingerprint density at radius 3 is 2.89 bits per heavy atom. The van der Waals surface area contributed by atoms with Gasteiger partial charge in [0.15, 0.2) is 6.04 Å². The highest BCUT2D eigenvalue weighted by Gasteiger charge is 2.32. The Balaban J connectivity index is 2.06. The maximum Gasteiger partial charge on any atom is 0.331 e. The van der Waals surface area contributed by atoms with E-state index in [0.717, 1.165) is 13.0 Å². The number of nitrogens with one attached hydrogen (secondary N) is 2. The summed E-state index contributed by atoms with van der Waals surface area (Å²) in [5.74, 6) is -1.03. The Morgan fingerprint density at radius 1 is 1.61 bits per heavy atom. The van der Waals surface area contributed by atoms with Gasteiger partial charge in [0.1, 0.15) is 0 Å². The van der Waals surface area contributed by atoms with E-state index in [1.165, 1.54) is 11.3 Å². The fraction of sp³-hybridized carbons (Fsp3) is 0.500. The van der Waals surface area contributed by atoms with Gasteiger partial charge in [-0.3, -0.25) is 4.79 Å². The summed E-state index contributed by atoms with van der Waals surface area (Å²) in [4.78, 5) is 23.9. The molecule has 1 amide bonds. The van der Waals surface area contributed by atoms with Gasteiger partial charge < -0.3 is 15.7 Å². The van der Waals surface area contributed by atoms with Crippen molar-refractivity contribution in [3.8, 4) is 0 Å². The molecule has 1 aliphatic heterocycles. The molecule has 1 aromatic rings. The summed E-state index contributed by atoms with van der Waals surface area (Å²) in [5, 5.41) is 16.7. The van der Waals surface area contributed by atoms with Crippen molar-refractivity contribution in [3.05, 3.63) is 22.4 Å². The summed E-state index contributed by atoms with van der Waals surface area (Å²) in [6, 6.07) is 2.26. The molecule has 2 rings (SSSR count). The molecule has 1 saturated heterocycles. The molecule has 3 unspecified atom stereocenters. The molecule has 0 aromatic carbocycles. The van der Waals surface area contributed by atoms with Gasteiger partial charge in [0.05, 0.1) is 6.04 Å². The number of carbonyl (C=O) groups excluding carboxylic acids is 1. The highest BCUT2D eigenvalue weighted by Crippen LogP contribution is 2.21. The van der Waals surface area contributed by atoms with Crippen molar-refractivity contribution in [3.63, 3.8) is 0 Å². The summed E-state index contributed by atoms with van der Waals surface area (Å²) in [7, 11) is 0. The molecule has 0 spiro atoms. The monoisotopic (exact) mass is 268 g/mol. The van der Waals surface area contributed by atoms with Gasteiger partial charge in [-0.05, 0) is 30.3 Å². The van der Waals surface area contributed by atoms with Gasteiger partial charge in [-0.2, -0.15) is 0 Å². The summed E-state index contributed by atoms with van der Waals surface area (Å²) in [6.07, 6.45) is 0.939. The van der Waals surface area contributed by atoms with Crippen LogP contribution in [0.25, 0.3) is 0 Å². The second-order valence-corrected chi connectivity index (χ2v) is 5.47. The van der Waals surface area contributed by atoms with Crippen LogP contribution in [0.4, 0.5) is 0 Å². The average Bonchev–Trinajstić information content (AvgIpc) is 2.95. The van der Waals surface area contributed by atoms with Crippen molar-refractivity contribution >= 4 is 23.2 Å². The molecule has 0 aliphatic carbocycles. The van der Waals surface area contributed by atoms with E-state index in [0.29, 0.717) is 4.88 Å². The number of aliphatic carboxylic acids is 1. The minimum atomic E-state index is -1.03. The van der Waals surface area contributed by atoms with Crippen molar-refractivity contribution in [2.75, 3.05) is 6.54 Å². The lowest BCUT2D eigenvalue weighted by atomic mass is 10.0. The van der Waals surface area contributed by atoms with Gasteiger partial charge >= 0.3 is 5.97 Å². The second kappa shape index (κ2) is 5.49. The van der Waals surface area contributed by atoms with Crippen molar-refractivity contribution in [2.24, 2.45) is 5.92 Å². The van der Waals surface area contributed by atoms with Crippen LogP contribution in [0.5, 0.6) is 0 Å². The van der Waals surface area contributed by atoms with Gasteiger partial charge in [0.2, 0.25) is 5.91 Å². The molecule has 0 saturated carbocycles. The Morgan fingerprint density at radius 2 is 2.39 bits per heavy atom. The maximum atomic E-state index is 12.0. The third kappa shape index (κ3) is 2.70. The van der Waals surface area contributed by atoms with E-state index in [-0.39, 0.29) is 17.9 Å². The average molecular weight is 268 g/mol. The highest BCUT2D eigenvalue weighted by molar-refractivity contribution is 7.10. The number of rotatable bonds is 4. The van der Waals surface area contributed by atoms with Crippen LogP contribution >= 0.6 is 11.3 Å². The number of hydrogen-bond acceptors (Lipinski definition) is 4. The molecule has 18 heavy (non-hydrogen) atoms. The SMILES string of the molecule is CC1CCNC1C(=O)NC(C(=O)O)c1cccs1. The smallest absolute Gasteiger partial charge is 0.331 e. The molecular formula is C12H16N2O3S. The first-order valence-electron chi connectivity index (χ1n) is 5.89. The number of carboxylic acids is 1. The predicted octanol–water partition coefficient (Wildman–Crippen LogP) is 0.988. The fourth-order valence-electron chi connectivity index (χ4n) is 2.13. The first kappa shape index (κ1) is 13.0. The van der Waals surface area contributed by atoms with Crippen LogP contribution in [0.2, 0.25) is 0 Å². The third-order valence-electron chi connectivity index (χ3n) is 3.18. The first-order valence-corrected chi connectivity index (χ1v) is 6.77. The number of thiophene rings is 1. The van der Waals surface area contributed by atoms with E-state index in [9.17, 15) is 14.7 Å². The number of hydrogen-bond donors (Lipinski definition) is 3. The van der Waals surface area contributed by atoms with Gasteiger partial charge in [-0.15, -0.1) is 11.3 Å². The molecule has 3 N–H and O–H groups in total. The Hall–Kier alpha value is -1.40. The molecule has 1 aliphatic rings. The predicted molar refractivity (Wildman–Crippen MR) is 68.4 cm³/mol. The van der Waals surface area contributed by atoms with E-state index < -0.39 is 12.0 Å². The summed E-state index contributed by atoms with van der Waals surface area (Å²) in [6.45, 7) is 2.79. The molecular weight excluding hydrogens is 252 g/mol. The number of carboxylic acid groups (broad SMARTS) is 1. The van der Waals surface area contributed by atoms with Crippen molar-refractivity contribution in [1.82, 2.24) is 10.6 Å². The highest BCUT2D eigenvalue weighted by atomic mass is 32.1. The van der Waals surface area contributed by atoms with Gasteiger partial charge in [-0.25, -0.2) is 4.79 Å². The largest absolute Gasteiger partial charge is 0.479 e. The molecule has 6 heteroatoms. The molecule has 1 fully saturated rings. The van der Waals surface area contributed by atoms with Crippen LogP contribution in [0.15, 0.2) is 17.5 Å². The topological polar surface area (TPSA) is 78.4 Å². The normalized spacial score (nSPS) is 24.7. The van der Waals surface area contributed by atoms with Crippen LogP contribution in [-0.4, -0.2) is 29.6 Å². The van der Waals surface area contributed by atoms with Crippen molar-refractivity contribution < 1.29 is 14.7 Å². The quantitative estimate of drug-likeness (QED) is 0.761. The third-order valence-corrected chi connectivity index (χ3v) is 4.11. The van der Waals surface area contributed by atoms with Crippen LogP contribution < -0.4 is 10.6 Å². The molecule has 3 atom stereocenters. The molecule has 2 heterocycles. The van der Waals surface area contributed by atoms with E-state index in [4.69, 9.17) is 0 Å². The first-order chi connectivity index (χ1) is 8.59. The summed E-state index contributed by atoms with van der Waals surface area (Å²) < 4.78 is 0. The minimum Gasteiger partial charge on any atom is -0.479 e. The van der Waals surface area contributed by atoms with Crippen LogP contribution in [0.1, 0.15) is 24.3 Å². The van der Waals surface area contributed by atoms with E-state index >= 15 is 0 Å². The van der Waals surface area contributed by atoms with Crippen LogP contribution in [0.3, 0.4) is 0 Å². The zero-order chi connectivity index (χ0) is 13.1. The lowest BCUT2D eigenvalue weighted by molar-refractivity contribution is -0.142. The second-order valence-electron chi connectivity index (χ2n) is 4.49. The minimum absolute atomic E-state index is 0.235. The lowest BCUT2D eigenvalue weighted by Crippen LogP contribution is -2.46. The standard InChI is InChI=1S/C12H16N2O3S/c1-7-4-5-13-9(7)11(15)14-10(12(16)17)8-3-2-6-18-8/h2-3,6-7,9-10,13H,4-5H2,1H3,(H,14,15)(H,16,17). The summed E-state index contributed by atoms with van der Waals surface area (Å²) >= 11 is 1.33. The number of amides is 1. The number of carbonyl (C=O) groups is 2. The van der Waals surface area contributed by atoms with Gasteiger partial charge in [-0.1, -0.05) is 13.0 Å². The lowest BCUT2D eigenvalue weighted by Gasteiger charge is -2.19. The zero-order valence-corrected chi connectivity index (χ0v) is 10.9. The Labute approximate surface area is 109 Å². The van der Waals surface area contributed by atoms with Crippen molar-refractivity contribution in [2.45, 2.75) is 25.4 Å². The summed E-state index contributed by atoms with van der Waals surface area (Å²) in [5.41, 5.74) is 0. The molecule has 5 nitrogen and oxygen atoms in total. The Bertz CT molecular complexity index is 433. The Kier molecular flexibility index (Phi) is 3.98. The molecule has 0 bridgehead atoms. The molecule has 98 valence electrons. The maximum absolute atomic E-state index is 12.0. The van der Waals surface area contributed by atoms with Gasteiger partial charge in [0, 0.05) is 4.88 Å². The molecule has 0 radical (unpaired) electrons. The van der Waals surface area contributed by atoms with E-state index in [1.807, 2.05) is 6.92 Å². The van der Waals surface area contributed by atoms with E-state index in [1.54, 1.807) is 17.5 Å². The van der Waals surface area contributed by atoms with Crippen molar-refractivity contribution in [1.29, 1.82) is 0 Å². The van der Waals surface area contributed by atoms with E-state index in [2.05, 4.69) is 10.6 Å². The van der Waals surface area contributed by atoms with Crippen LogP contribution in [-0.2, 0) is 9.59 Å². The van der Waals surface area contributed by atoms with Crippen LogP contribution in [0, 0.1) is 5.92 Å².